The molecule has 0 aliphatic carbocycles. The summed E-state index contributed by atoms with van der Waals surface area (Å²) in [5.41, 5.74) is 4.71. The number of aromatic amines is 1. The van der Waals surface area contributed by atoms with E-state index in [1.165, 1.54) is 6.33 Å². The van der Waals surface area contributed by atoms with Crippen molar-refractivity contribution in [1.29, 1.82) is 0 Å². The molecule has 0 unspecified atom stereocenters. The third-order valence-electron chi connectivity index (χ3n) is 7.07. The van der Waals surface area contributed by atoms with Gasteiger partial charge in [0.1, 0.15) is 23.3 Å². The molecule has 0 amide bonds. The predicted octanol–water partition coefficient (Wildman–Crippen LogP) is 4.05. The summed E-state index contributed by atoms with van der Waals surface area (Å²) in [4.78, 5) is 28.2. The van der Waals surface area contributed by atoms with Gasteiger partial charge in [-0.25, -0.2) is 14.5 Å². The van der Waals surface area contributed by atoms with Crippen LogP contribution in [0.4, 0.5) is 5.82 Å². The molecule has 2 N–H and O–H groups in total. The topological polar surface area (TPSA) is 114 Å². The maximum Gasteiger partial charge on any atom is 0.282 e. The molecule has 0 spiro atoms. The molecule has 6 rings (SSSR count). The van der Waals surface area contributed by atoms with Gasteiger partial charge in [-0.3, -0.25) is 14.0 Å². The normalized spacial score (nSPS) is 12.5. The minimum atomic E-state index is -0.366. The van der Waals surface area contributed by atoms with E-state index in [9.17, 15) is 4.79 Å². The fraction of sp³-hybridized carbons (Fsp3) is 0.276. The number of hydrogen-bond donors (Lipinski definition) is 2. The van der Waals surface area contributed by atoms with Gasteiger partial charge in [-0.1, -0.05) is 18.2 Å². The number of hydrogen-bond acceptors (Lipinski definition) is 7. The summed E-state index contributed by atoms with van der Waals surface area (Å²) < 4.78 is 5.30. The van der Waals surface area contributed by atoms with Gasteiger partial charge in [0, 0.05) is 36.3 Å². The van der Waals surface area contributed by atoms with Crippen LogP contribution < -0.4 is 10.9 Å². The molecule has 0 fully saturated rings. The Kier molecular flexibility index (Phi) is 6.64. The van der Waals surface area contributed by atoms with Gasteiger partial charge in [-0.05, 0) is 64.7 Å². The van der Waals surface area contributed by atoms with Gasteiger partial charge < -0.3 is 15.2 Å². The van der Waals surface area contributed by atoms with Crippen molar-refractivity contribution in [2.45, 2.75) is 32.9 Å². The largest absolute Gasteiger partial charge is 0.360 e. The Hall–Kier alpha value is -4.77. The van der Waals surface area contributed by atoms with Crippen LogP contribution in [0.15, 0.2) is 72.3 Å². The fourth-order valence-electron chi connectivity index (χ4n) is 5.08. The molecular weight excluding hydrogens is 504 g/mol. The van der Waals surface area contributed by atoms with Crippen molar-refractivity contribution in [1.82, 2.24) is 43.8 Å². The van der Waals surface area contributed by atoms with Crippen LogP contribution in [0, 0.1) is 6.92 Å². The quantitative estimate of drug-likeness (QED) is 0.287. The SMILES string of the molecule is Cc1ccn2nc([C@H](C)Nc3ncnc4[nH]cc(-c5cnn(CCCN(C)C)c5)c34)n(-c3ccccc3)c(=O)c12. The summed E-state index contributed by atoms with van der Waals surface area (Å²) in [7, 11) is 4.14. The molecule has 1 aromatic carbocycles. The van der Waals surface area contributed by atoms with E-state index < -0.39 is 0 Å². The van der Waals surface area contributed by atoms with E-state index in [4.69, 9.17) is 5.10 Å². The van der Waals surface area contributed by atoms with Crippen LogP contribution in [0.5, 0.6) is 0 Å². The molecule has 204 valence electrons. The molecule has 1 atom stereocenters. The van der Waals surface area contributed by atoms with E-state index in [2.05, 4.69) is 50.6 Å². The number of benzene rings is 1. The Morgan fingerprint density at radius 1 is 1.12 bits per heavy atom. The summed E-state index contributed by atoms with van der Waals surface area (Å²) in [5.74, 6) is 1.21. The van der Waals surface area contributed by atoms with Crippen LogP contribution in [0.25, 0.3) is 33.4 Å². The van der Waals surface area contributed by atoms with Gasteiger partial charge in [0.2, 0.25) is 0 Å². The van der Waals surface area contributed by atoms with Gasteiger partial charge in [-0.2, -0.15) is 10.2 Å². The van der Waals surface area contributed by atoms with Crippen molar-refractivity contribution in [2.24, 2.45) is 0 Å². The summed E-state index contributed by atoms with van der Waals surface area (Å²) in [6.07, 6.45) is 10.2. The highest BCUT2D eigenvalue weighted by molar-refractivity contribution is 6.00. The zero-order valence-electron chi connectivity index (χ0n) is 23.0. The second-order valence-electron chi connectivity index (χ2n) is 10.3. The Morgan fingerprint density at radius 3 is 2.75 bits per heavy atom. The van der Waals surface area contributed by atoms with E-state index in [1.807, 2.05) is 73.5 Å². The number of nitrogens with zero attached hydrogens (tertiary/aromatic N) is 8. The highest BCUT2D eigenvalue weighted by Crippen LogP contribution is 2.33. The molecule has 11 nitrogen and oxygen atoms in total. The summed E-state index contributed by atoms with van der Waals surface area (Å²) in [5, 5.41) is 13.8. The highest BCUT2D eigenvalue weighted by Gasteiger charge is 2.22. The number of nitrogens with one attached hydrogen (secondary N) is 2. The van der Waals surface area contributed by atoms with Gasteiger partial charge in [0.05, 0.1) is 23.3 Å². The van der Waals surface area contributed by atoms with Crippen molar-refractivity contribution in [3.63, 3.8) is 0 Å². The van der Waals surface area contributed by atoms with Crippen molar-refractivity contribution < 1.29 is 0 Å². The molecule has 0 saturated heterocycles. The molecule has 0 saturated carbocycles. The molecule has 0 bridgehead atoms. The van der Waals surface area contributed by atoms with Gasteiger partial charge in [0.15, 0.2) is 5.82 Å². The Labute approximate surface area is 231 Å². The minimum Gasteiger partial charge on any atom is -0.360 e. The zero-order chi connectivity index (χ0) is 27.8. The molecule has 0 aliphatic heterocycles. The maximum absolute atomic E-state index is 13.7. The van der Waals surface area contributed by atoms with Crippen molar-refractivity contribution >= 4 is 22.4 Å². The number of H-pyrrole nitrogens is 1. The van der Waals surface area contributed by atoms with Gasteiger partial charge in [0.25, 0.3) is 5.56 Å². The van der Waals surface area contributed by atoms with Crippen LogP contribution in [-0.4, -0.2) is 64.5 Å². The second-order valence-corrected chi connectivity index (χ2v) is 10.3. The number of aromatic nitrogens is 8. The first kappa shape index (κ1) is 25.5. The first-order chi connectivity index (χ1) is 19.4. The number of rotatable bonds is 9. The van der Waals surface area contributed by atoms with E-state index >= 15 is 0 Å². The van der Waals surface area contributed by atoms with Crippen LogP contribution in [-0.2, 0) is 6.54 Å². The lowest BCUT2D eigenvalue weighted by Gasteiger charge is -2.20. The molecule has 11 heteroatoms. The van der Waals surface area contributed by atoms with E-state index in [1.54, 1.807) is 9.08 Å². The molecule has 5 aromatic heterocycles. The predicted molar refractivity (Wildman–Crippen MR) is 156 cm³/mol. The lowest BCUT2D eigenvalue weighted by Crippen LogP contribution is -2.29. The Bertz CT molecular complexity index is 1840. The molecule has 0 radical (unpaired) electrons. The van der Waals surface area contributed by atoms with Gasteiger partial charge >= 0.3 is 0 Å². The summed E-state index contributed by atoms with van der Waals surface area (Å²) in [6.45, 7) is 5.73. The third kappa shape index (κ3) is 4.64. The van der Waals surface area contributed by atoms with E-state index in [0.717, 1.165) is 47.3 Å². The van der Waals surface area contributed by atoms with Crippen molar-refractivity contribution in [3.05, 3.63) is 89.3 Å². The summed E-state index contributed by atoms with van der Waals surface area (Å²) >= 11 is 0. The average Bonchev–Trinajstić information content (AvgIpc) is 3.68. The Balaban J connectivity index is 1.39. The zero-order valence-corrected chi connectivity index (χ0v) is 23.0. The Morgan fingerprint density at radius 2 is 1.95 bits per heavy atom. The molecule has 0 aliphatic rings. The second kappa shape index (κ2) is 10.4. The first-order valence-electron chi connectivity index (χ1n) is 13.3. The molecule has 40 heavy (non-hydrogen) atoms. The molecular formula is C29H32N10O. The van der Waals surface area contributed by atoms with Gasteiger partial charge in [-0.15, -0.1) is 0 Å². The van der Waals surface area contributed by atoms with E-state index in [0.29, 0.717) is 22.8 Å². The summed E-state index contributed by atoms with van der Waals surface area (Å²) in [6, 6.07) is 11.1. The average molecular weight is 537 g/mol. The lowest BCUT2D eigenvalue weighted by atomic mass is 10.1. The number of fused-ring (bicyclic) bond motifs is 2. The monoisotopic (exact) mass is 536 g/mol. The van der Waals surface area contributed by atoms with Crippen LogP contribution in [0.3, 0.4) is 0 Å². The minimum absolute atomic E-state index is 0.121. The standard InChI is InChI=1S/C29H32N10O/c1-19-11-14-38-25(19)29(40)39(22-9-6-5-7-10-22)28(35-38)20(2)34-27-24-23(16-30-26(24)31-18-32-27)21-15-33-37(17-21)13-8-12-36(3)4/h5-7,9-11,14-18,20H,8,12-13H2,1-4H3,(H2,30,31,32,34)/t20-/m0/s1. The van der Waals surface area contributed by atoms with Crippen molar-refractivity contribution in [3.8, 4) is 16.8 Å². The van der Waals surface area contributed by atoms with Crippen molar-refractivity contribution in [2.75, 3.05) is 26.0 Å². The number of para-hydroxylation sites is 1. The van der Waals surface area contributed by atoms with E-state index in [-0.39, 0.29) is 11.6 Å². The highest BCUT2D eigenvalue weighted by atomic mass is 16.1. The lowest BCUT2D eigenvalue weighted by molar-refractivity contribution is 0.380. The number of aryl methyl sites for hydroxylation is 2. The van der Waals surface area contributed by atoms with Crippen LogP contribution in [0.2, 0.25) is 0 Å². The fourth-order valence-corrected chi connectivity index (χ4v) is 5.08. The van der Waals surface area contributed by atoms with Crippen LogP contribution >= 0.6 is 0 Å². The number of anilines is 1. The van der Waals surface area contributed by atoms with Crippen LogP contribution in [0.1, 0.15) is 30.8 Å². The smallest absolute Gasteiger partial charge is 0.282 e. The molecule has 6 aromatic rings. The maximum atomic E-state index is 13.7. The third-order valence-corrected chi connectivity index (χ3v) is 7.07. The molecule has 5 heterocycles. The first-order valence-corrected chi connectivity index (χ1v) is 13.3.